The molecular formula is C23H27N7O3. The van der Waals surface area contributed by atoms with E-state index in [9.17, 15) is 4.79 Å². The summed E-state index contributed by atoms with van der Waals surface area (Å²) in [6.45, 7) is 4.54. The third-order valence-electron chi connectivity index (χ3n) is 6.16. The van der Waals surface area contributed by atoms with Crippen LogP contribution in [0.4, 0.5) is 5.82 Å². The molecule has 2 aliphatic heterocycles. The number of piperazine rings is 1. The summed E-state index contributed by atoms with van der Waals surface area (Å²) in [6, 6.07) is 11.6. The lowest BCUT2D eigenvalue weighted by Crippen LogP contribution is -2.53. The highest BCUT2D eigenvalue weighted by atomic mass is 16.5. The Kier molecular flexibility index (Phi) is 5.93. The summed E-state index contributed by atoms with van der Waals surface area (Å²) < 4.78 is 10.5. The van der Waals surface area contributed by atoms with Crippen molar-refractivity contribution in [3.05, 3.63) is 54.0 Å². The van der Waals surface area contributed by atoms with Crippen molar-refractivity contribution in [2.24, 2.45) is 0 Å². The van der Waals surface area contributed by atoms with Crippen molar-refractivity contribution < 1.29 is 14.1 Å². The number of nitrogens with zero attached hydrogens (tertiary/aromatic N) is 5. The number of carbonyl (C=O) groups is 1. The van der Waals surface area contributed by atoms with E-state index in [2.05, 4.69) is 30.9 Å². The van der Waals surface area contributed by atoms with Crippen molar-refractivity contribution in [2.75, 3.05) is 38.2 Å². The first-order chi connectivity index (χ1) is 16.1. The fourth-order valence-corrected chi connectivity index (χ4v) is 4.37. The van der Waals surface area contributed by atoms with Crippen LogP contribution in [-0.4, -0.2) is 65.3 Å². The summed E-state index contributed by atoms with van der Waals surface area (Å²) >= 11 is 0. The van der Waals surface area contributed by atoms with E-state index in [1.165, 1.54) is 0 Å². The number of rotatable bonds is 5. The maximum Gasteiger partial charge on any atom is 0.241 e. The smallest absolute Gasteiger partial charge is 0.241 e. The predicted octanol–water partition coefficient (Wildman–Crippen LogP) is 1.71. The van der Waals surface area contributed by atoms with Gasteiger partial charge in [-0.1, -0.05) is 23.4 Å². The van der Waals surface area contributed by atoms with Gasteiger partial charge in [0.2, 0.25) is 17.6 Å². The highest BCUT2D eigenvalue weighted by molar-refractivity contribution is 5.82. The molecule has 2 N–H and O–H groups in total. The molecule has 4 heterocycles. The van der Waals surface area contributed by atoms with Gasteiger partial charge in [0.15, 0.2) is 0 Å². The second kappa shape index (κ2) is 9.16. The van der Waals surface area contributed by atoms with E-state index >= 15 is 0 Å². The Morgan fingerprint density at radius 1 is 1.12 bits per heavy atom. The van der Waals surface area contributed by atoms with Crippen LogP contribution >= 0.6 is 0 Å². The Hall–Kier alpha value is -3.50. The van der Waals surface area contributed by atoms with Gasteiger partial charge in [-0.25, -0.2) is 15.8 Å². The molecule has 3 aromatic rings. The van der Waals surface area contributed by atoms with Gasteiger partial charge in [0.1, 0.15) is 17.6 Å². The Morgan fingerprint density at radius 2 is 1.94 bits per heavy atom. The van der Waals surface area contributed by atoms with E-state index in [4.69, 9.17) is 9.26 Å². The number of aromatic nitrogens is 3. The summed E-state index contributed by atoms with van der Waals surface area (Å²) in [7, 11) is 1.66. The molecule has 5 rings (SSSR count). The van der Waals surface area contributed by atoms with E-state index in [1.807, 2.05) is 41.3 Å². The molecule has 0 aliphatic carbocycles. The molecule has 33 heavy (non-hydrogen) atoms. The van der Waals surface area contributed by atoms with E-state index in [-0.39, 0.29) is 18.0 Å². The van der Waals surface area contributed by atoms with Crippen LogP contribution in [0.15, 0.2) is 47.1 Å². The standard InChI is InChI=1S/C23H27N7O3/c1-15-25-22(28-33-15)16-7-8-21(24-14-16)29-9-11-30(12-10-29)23(31)19-13-18(26-27-19)17-5-3-4-6-20(17)32-2/h3-8,14,18-19,26-27H,9-13H2,1-2H3. The number of hydrazine groups is 1. The molecule has 2 aliphatic rings. The third kappa shape index (κ3) is 4.39. The number of pyridine rings is 1. The molecule has 0 saturated carbocycles. The fourth-order valence-electron chi connectivity index (χ4n) is 4.37. The van der Waals surface area contributed by atoms with Crippen molar-refractivity contribution in [3.8, 4) is 17.1 Å². The number of carbonyl (C=O) groups excluding carboxylic acids is 1. The Balaban J connectivity index is 1.16. The monoisotopic (exact) mass is 449 g/mol. The molecule has 2 aromatic heterocycles. The maximum atomic E-state index is 13.1. The number of methoxy groups -OCH3 is 1. The maximum absolute atomic E-state index is 13.1. The van der Waals surface area contributed by atoms with Gasteiger partial charge in [0, 0.05) is 50.4 Å². The van der Waals surface area contributed by atoms with Crippen molar-refractivity contribution in [3.63, 3.8) is 0 Å². The molecule has 1 amide bonds. The van der Waals surface area contributed by atoms with Crippen molar-refractivity contribution in [1.82, 2.24) is 30.9 Å². The van der Waals surface area contributed by atoms with Gasteiger partial charge in [-0.05, 0) is 24.6 Å². The number of aryl methyl sites for hydroxylation is 1. The quantitative estimate of drug-likeness (QED) is 0.602. The summed E-state index contributed by atoms with van der Waals surface area (Å²) in [5, 5.41) is 3.93. The van der Waals surface area contributed by atoms with Crippen LogP contribution in [0, 0.1) is 6.92 Å². The lowest BCUT2D eigenvalue weighted by Gasteiger charge is -2.36. The summed E-state index contributed by atoms with van der Waals surface area (Å²) in [5.74, 6) is 2.88. The minimum Gasteiger partial charge on any atom is -0.496 e. The minimum atomic E-state index is -0.262. The van der Waals surface area contributed by atoms with Crippen LogP contribution in [0.25, 0.3) is 11.4 Å². The number of anilines is 1. The molecule has 10 heteroatoms. The molecule has 2 fully saturated rings. The average molecular weight is 450 g/mol. The zero-order chi connectivity index (χ0) is 22.8. The number of benzene rings is 1. The van der Waals surface area contributed by atoms with Gasteiger partial charge in [-0.15, -0.1) is 0 Å². The average Bonchev–Trinajstić information content (AvgIpc) is 3.53. The summed E-state index contributed by atoms with van der Waals surface area (Å²) in [6.07, 6.45) is 2.43. The molecule has 172 valence electrons. The highest BCUT2D eigenvalue weighted by Gasteiger charge is 2.35. The Bertz CT molecular complexity index is 1110. The second-order valence-electron chi connectivity index (χ2n) is 8.23. The Morgan fingerprint density at radius 3 is 2.64 bits per heavy atom. The highest BCUT2D eigenvalue weighted by Crippen LogP contribution is 2.30. The van der Waals surface area contributed by atoms with Crippen LogP contribution in [0.5, 0.6) is 5.75 Å². The molecule has 2 atom stereocenters. The SMILES string of the molecule is COc1ccccc1C1CC(C(=O)N2CCN(c3ccc(-c4noc(C)n4)cn3)CC2)NN1. The van der Waals surface area contributed by atoms with E-state index in [1.54, 1.807) is 20.2 Å². The first-order valence-corrected chi connectivity index (χ1v) is 11.1. The number of para-hydroxylation sites is 1. The number of amides is 1. The topological polar surface area (TPSA) is 109 Å². The number of hydrogen-bond donors (Lipinski definition) is 2. The molecule has 0 radical (unpaired) electrons. The molecule has 2 unspecified atom stereocenters. The number of ether oxygens (including phenoxy) is 1. The van der Waals surface area contributed by atoms with Crippen LogP contribution in [-0.2, 0) is 4.79 Å². The van der Waals surface area contributed by atoms with Gasteiger partial charge in [-0.2, -0.15) is 4.98 Å². The zero-order valence-corrected chi connectivity index (χ0v) is 18.7. The van der Waals surface area contributed by atoms with Crippen molar-refractivity contribution in [1.29, 1.82) is 0 Å². The minimum absolute atomic E-state index is 0.0297. The molecule has 1 aromatic carbocycles. The fraction of sp³-hybridized carbons (Fsp3) is 0.391. The van der Waals surface area contributed by atoms with E-state index < -0.39 is 0 Å². The van der Waals surface area contributed by atoms with Gasteiger partial charge >= 0.3 is 0 Å². The summed E-state index contributed by atoms with van der Waals surface area (Å²) in [4.78, 5) is 26.0. The first-order valence-electron chi connectivity index (χ1n) is 11.1. The largest absolute Gasteiger partial charge is 0.496 e. The van der Waals surface area contributed by atoms with E-state index in [0.717, 1.165) is 35.8 Å². The van der Waals surface area contributed by atoms with Crippen LogP contribution < -0.4 is 20.5 Å². The van der Waals surface area contributed by atoms with Crippen molar-refractivity contribution >= 4 is 11.7 Å². The Labute approximate surface area is 191 Å². The second-order valence-corrected chi connectivity index (χ2v) is 8.23. The zero-order valence-electron chi connectivity index (χ0n) is 18.7. The lowest BCUT2D eigenvalue weighted by atomic mass is 10.0. The summed E-state index contributed by atoms with van der Waals surface area (Å²) in [5.41, 5.74) is 8.30. The normalized spacial score (nSPS) is 20.8. The van der Waals surface area contributed by atoms with Crippen LogP contribution in [0.1, 0.15) is 23.9 Å². The molecular weight excluding hydrogens is 422 g/mol. The first kappa shape index (κ1) is 21.4. The van der Waals surface area contributed by atoms with Gasteiger partial charge in [-0.3, -0.25) is 4.79 Å². The van der Waals surface area contributed by atoms with Gasteiger partial charge < -0.3 is 19.1 Å². The lowest BCUT2D eigenvalue weighted by molar-refractivity contribution is -0.133. The van der Waals surface area contributed by atoms with Crippen LogP contribution in [0.2, 0.25) is 0 Å². The van der Waals surface area contributed by atoms with Gasteiger partial charge in [0.25, 0.3) is 0 Å². The van der Waals surface area contributed by atoms with Crippen molar-refractivity contribution in [2.45, 2.75) is 25.4 Å². The molecule has 10 nitrogen and oxygen atoms in total. The molecule has 0 spiro atoms. The van der Waals surface area contributed by atoms with Gasteiger partial charge in [0.05, 0.1) is 13.2 Å². The number of nitrogens with one attached hydrogen (secondary N) is 2. The van der Waals surface area contributed by atoms with E-state index in [0.29, 0.717) is 31.2 Å². The van der Waals surface area contributed by atoms with Crippen LogP contribution in [0.3, 0.4) is 0 Å². The number of hydrogen-bond acceptors (Lipinski definition) is 9. The molecule has 0 bridgehead atoms. The molecule has 2 saturated heterocycles. The predicted molar refractivity (Wildman–Crippen MR) is 121 cm³/mol. The third-order valence-corrected chi connectivity index (χ3v) is 6.16.